The van der Waals surface area contributed by atoms with Gasteiger partial charge < -0.3 is 4.79 Å². The summed E-state index contributed by atoms with van der Waals surface area (Å²) in [5, 5.41) is 25.7. The molecule has 1 N–H and O–H groups in total. The number of tetrazole rings is 1. The monoisotopic (exact) mass is 549 g/mol. The molecule has 0 radical (unpaired) electrons. The van der Waals surface area contributed by atoms with Gasteiger partial charge in [0.15, 0.2) is 11.6 Å². The third-order valence-electron chi connectivity index (χ3n) is 12.6. The smallest absolute Gasteiger partial charge is 0.180 e. The van der Waals surface area contributed by atoms with E-state index in [1.54, 1.807) is 6.92 Å². The zero-order chi connectivity index (χ0) is 29.9. The van der Waals surface area contributed by atoms with Gasteiger partial charge in [-0.2, -0.15) is 10.5 Å². The molecule has 7 heteroatoms. The number of aromatic nitrogens is 4. The largest absolute Gasteiger partial charge is 0.300 e. The normalized spacial score (nSPS) is 37.3. The van der Waals surface area contributed by atoms with Crippen molar-refractivity contribution in [1.29, 1.82) is 5.26 Å². The molecule has 4 rings (SSSR count). The highest BCUT2D eigenvalue weighted by Crippen LogP contribution is 2.68. The molecule has 2 unspecified atom stereocenters. The predicted molar refractivity (Wildman–Crippen MR) is 156 cm³/mol. The Morgan fingerprint density at radius 3 is 2.38 bits per heavy atom. The Morgan fingerprint density at radius 1 is 1.15 bits per heavy atom. The van der Waals surface area contributed by atoms with E-state index < -0.39 is 10.8 Å². The predicted octanol–water partition coefficient (Wildman–Crippen LogP) is 7.17. The molecule has 1 heterocycles. The summed E-state index contributed by atoms with van der Waals surface area (Å²) < 4.78 is 0. The van der Waals surface area contributed by atoms with Crippen LogP contribution in [0, 0.1) is 56.2 Å². The molecule has 0 saturated heterocycles. The van der Waals surface area contributed by atoms with E-state index in [1.165, 1.54) is 0 Å². The number of ketones is 2. The molecule has 0 spiro atoms. The van der Waals surface area contributed by atoms with E-state index in [1.807, 2.05) is 19.9 Å². The van der Waals surface area contributed by atoms with Crippen LogP contribution in [0.15, 0.2) is 11.6 Å². The summed E-state index contributed by atoms with van der Waals surface area (Å²) in [4.78, 5) is 26.1. The van der Waals surface area contributed by atoms with Gasteiger partial charge in [0.05, 0.1) is 5.57 Å². The third-order valence-corrected chi connectivity index (χ3v) is 12.6. The molecule has 6 atom stereocenters. The first kappa shape index (κ1) is 30.6. The molecule has 3 aliphatic rings. The number of carbonyl (C=O) groups is 2. The number of aromatic amines is 1. The zero-order valence-electron chi connectivity index (χ0n) is 26.6. The van der Waals surface area contributed by atoms with Gasteiger partial charge in [0, 0.05) is 17.3 Å². The molecule has 1 aromatic rings. The van der Waals surface area contributed by atoms with Crippen molar-refractivity contribution in [2.75, 3.05) is 0 Å². The van der Waals surface area contributed by atoms with Gasteiger partial charge >= 0.3 is 0 Å². The van der Waals surface area contributed by atoms with Gasteiger partial charge in [0.1, 0.15) is 11.9 Å². The lowest BCUT2D eigenvalue weighted by Crippen LogP contribution is -2.60. The van der Waals surface area contributed by atoms with Crippen molar-refractivity contribution in [2.24, 2.45) is 44.8 Å². The number of hydrogen-bond acceptors (Lipinski definition) is 6. The molecular formula is C33H51N5O2. The average Bonchev–Trinajstić information content (AvgIpc) is 3.38. The van der Waals surface area contributed by atoms with Crippen molar-refractivity contribution < 1.29 is 9.59 Å². The fourth-order valence-corrected chi connectivity index (χ4v) is 9.65. The fraction of sp³-hybridized carbons (Fsp3) is 0.818. The van der Waals surface area contributed by atoms with Crippen LogP contribution in [0.5, 0.6) is 0 Å². The number of Topliss-reactive ketones (excluding diaryl/α,β-unsaturated/α-hetero) is 2. The number of fused-ring (bicyclic) bond motifs is 1. The molecule has 0 aliphatic heterocycles. The summed E-state index contributed by atoms with van der Waals surface area (Å²) in [7, 11) is 0. The lowest BCUT2D eigenvalue weighted by molar-refractivity contribution is -0.156. The minimum Gasteiger partial charge on any atom is -0.300 e. The van der Waals surface area contributed by atoms with Crippen LogP contribution in [0.4, 0.5) is 0 Å². The van der Waals surface area contributed by atoms with Crippen molar-refractivity contribution in [3.8, 4) is 6.07 Å². The van der Waals surface area contributed by atoms with Gasteiger partial charge in [-0.3, -0.25) is 4.79 Å². The topological polar surface area (TPSA) is 112 Å². The van der Waals surface area contributed by atoms with Crippen LogP contribution in [0.3, 0.4) is 0 Å². The van der Waals surface area contributed by atoms with Crippen molar-refractivity contribution >= 4 is 11.6 Å². The lowest BCUT2D eigenvalue weighted by atomic mass is 9.39. The highest BCUT2D eigenvalue weighted by molar-refractivity contribution is 6.04. The van der Waals surface area contributed by atoms with Crippen LogP contribution in [0.25, 0.3) is 0 Å². The molecule has 2 fully saturated rings. The van der Waals surface area contributed by atoms with Gasteiger partial charge in [-0.25, -0.2) is 0 Å². The zero-order valence-corrected chi connectivity index (χ0v) is 26.6. The van der Waals surface area contributed by atoms with Crippen molar-refractivity contribution in [3.05, 3.63) is 17.5 Å². The molecule has 0 amide bonds. The minimum atomic E-state index is -0.637. The standard InChI is InChI=1S/C33H51N5O2/c1-21-18-28(3,4)13-15-33(21,27-35-37-38-36-27)16-14-29(5,6)32(10)12-11-24-30(7,8)26(40)23(20-34)19-31(24,9)25(32)17-22(2)39/h19,21,24-25H,11-18H2,1-10H3,(H,35,36,37,38)/t21?,24?,25-,31+,32-,33+/m1/s1. The summed E-state index contributed by atoms with van der Waals surface area (Å²) >= 11 is 0. The maximum absolute atomic E-state index is 13.3. The maximum Gasteiger partial charge on any atom is 0.180 e. The Balaban J connectivity index is 1.74. The molecular weight excluding hydrogens is 498 g/mol. The summed E-state index contributed by atoms with van der Waals surface area (Å²) in [6.07, 6.45) is 9.47. The Kier molecular flexibility index (Phi) is 7.56. The van der Waals surface area contributed by atoms with Crippen LogP contribution < -0.4 is 0 Å². The lowest BCUT2D eigenvalue weighted by Gasteiger charge is -2.64. The first-order valence-electron chi connectivity index (χ1n) is 15.3. The molecule has 3 aliphatic carbocycles. The number of nitrogens with one attached hydrogen (secondary N) is 1. The third kappa shape index (κ3) is 4.68. The van der Waals surface area contributed by atoms with Crippen LogP contribution in [-0.4, -0.2) is 32.2 Å². The number of allylic oxidation sites excluding steroid dienone is 2. The highest BCUT2D eigenvalue weighted by atomic mass is 16.1. The van der Waals surface area contributed by atoms with Gasteiger partial charge in [-0.05, 0) is 91.3 Å². The second-order valence-electron chi connectivity index (χ2n) is 16.1. The number of hydrogen-bond donors (Lipinski definition) is 1. The Hall–Kier alpha value is -2.36. The van der Waals surface area contributed by atoms with Gasteiger partial charge in [0.2, 0.25) is 0 Å². The molecule has 0 bridgehead atoms. The quantitative estimate of drug-likeness (QED) is 0.386. The van der Waals surface area contributed by atoms with E-state index in [-0.39, 0.29) is 45.2 Å². The Morgan fingerprint density at radius 2 is 1.82 bits per heavy atom. The number of H-pyrrole nitrogens is 1. The highest BCUT2D eigenvalue weighted by Gasteiger charge is 2.63. The molecule has 0 aromatic carbocycles. The number of rotatable bonds is 7. The van der Waals surface area contributed by atoms with E-state index in [0.29, 0.717) is 17.8 Å². The summed E-state index contributed by atoms with van der Waals surface area (Å²) in [6.45, 7) is 22.1. The number of nitrogens with zero attached hydrogens (tertiary/aromatic N) is 4. The van der Waals surface area contributed by atoms with Crippen LogP contribution in [0.2, 0.25) is 0 Å². The van der Waals surface area contributed by atoms with Gasteiger partial charge in [0.25, 0.3) is 0 Å². The Labute approximate surface area is 241 Å². The number of carbonyl (C=O) groups excluding carboxylic acids is 2. The molecule has 1 aromatic heterocycles. The second kappa shape index (κ2) is 9.88. The van der Waals surface area contributed by atoms with Gasteiger partial charge in [-0.15, -0.1) is 10.2 Å². The number of nitriles is 1. The SMILES string of the molecule is CC(=O)C[C@@H]1[C@@]2(C)C=C(C#N)C(=O)C(C)(C)C2CC[C@@]1(C)C(C)(C)CC[C@@]1(c2nn[nH]n2)CCC(C)(C)CC1C. The molecule has 2 saturated carbocycles. The van der Waals surface area contributed by atoms with Gasteiger partial charge in [-0.1, -0.05) is 73.6 Å². The summed E-state index contributed by atoms with van der Waals surface area (Å²) in [5.74, 6) is 1.47. The van der Waals surface area contributed by atoms with Crippen LogP contribution in [0.1, 0.15) is 126 Å². The van der Waals surface area contributed by atoms with E-state index >= 15 is 0 Å². The summed E-state index contributed by atoms with van der Waals surface area (Å²) in [6, 6.07) is 2.21. The van der Waals surface area contributed by atoms with Crippen LogP contribution in [-0.2, 0) is 15.0 Å². The maximum atomic E-state index is 13.3. The average molecular weight is 550 g/mol. The first-order valence-corrected chi connectivity index (χ1v) is 15.3. The van der Waals surface area contributed by atoms with E-state index in [0.717, 1.165) is 50.8 Å². The van der Waals surface area contributed by atoms with E-state index in [4.69, 9.17) is 0 Å². The second-order valence-corrected chi connectivity index (χ2v) is 16.1. The van der Waals surface area contributed by atoms with Crippen molar-refractivity contribution in [1.82, 2.24) is 20.6 Å². The van der Waals surface area contributed by atoms with E-state index in [9.17, 15) is 14.9 Å². The summed E-state index contributed by atoms with van der Waals surface area (Å²) in [5.41, 5.74) is -0.934. The van der Waals surface area contributed by atoms with Crippen molar-refractivity contribution in [3.63, 3.8) is 0 Å². The Bertz CT molecular complexity index is 1220. The van der Waals surface area contributed by atoms with E-state index in [2.05, 4.69) is 75.2 Å². The molecule has 40 heavy (non-hydrogen) atoms. The minimum absolute atomic E-state index is 0.0193. The fourth-order valence-electron chi connectivity index (χ4n) is 9.65. The van der Waals surface area contributed by atoms with Crippen molar-refractivity contribution in [2.45, 2.75) is 126 Å². The van der Waals surface area contributed by atoms with Crippen LogP contribution >= 0.6 is 0 Å². The first-order chi connectivity index (χ1) is 18.4. The molecule has 7 nitrogen and oxygen atoms in total. The molecule has 220 valence electrons.